The van der Waals surface area contributed by atoms with E-state index in [0.717, 1.165) is 30.1 Å². The van der Waals surface area contributed by atoms with Crippen molar-refractivity contribution in [2.24, 2.45) is 5.92 Å². The van der Waals surface area contributed by atoms with Crippen LogP contribution in [0.15, 0.2) is 23.5 Å². The Morgan fingerprint density at radius 3 is 2.60 bits per heavy atom. The molecule has 0 aromatic carbocycles. The van der Waals surface area contributed by atoms with Crippen molar-refractivity contribution >= 4 is 10.1 Å². The zero-order valence-corrected chi connectivity index (χ0v) is 15.6. The number of rotatable bonds is 6. The summed E-state index contributed by atoms with van der Waals surface area (Å²) in [5.41, 5.74) is 2.44. The first-order valence-corrected chi connectivity index (χ1v) is 8.49. The number of allylic oxidation sites excluding steroid dienone is 3. The molecule has 1 rings (SSSR count). The summed E-state index contributed by atoms with van der Waals surface area (Å²) in [6.45, 7) is 11.8. The van der Waals surface area contributed by atoms with Gasteiger partial charge in [0.15, 0.2) is 0 Å². The zero-order valence-electron chi connectivity index (χ0n) is 12.6. The maximum absolute atomic E-state index is 12.6. The average molecular weight is 442 g/mol. The Hall–Kier alpha value is -1.08. The summed E-state index contributed by atoms with van der Waals surface area (Å²) in [7, 11) is 0. The van der Waals surface area contributed by atoms with Crippen LogP contribution in [0.25, 0.3) is 5.70 Å². The van der Waals surface area contributed by atoms with E-state index in [1.54, 1.807) is 10.6 Å². The number of nitrogens with zero attached hydrogens (tertiary/aromatic N) is 2. The summed E-state index contributed by atoms with van der Waals surface area (Å²) >= 11 is 1.30. The van der Waals surface area contributed by atoms with Crippen molar-refractivity contribution in [2.75, 3.05) is 0 Å². The predicted molar refractivity (Wildman–Crippen MR) is 81.7 cm³/mol. The maximum atomic E-state index is 12.6. The van der Waals surface area contributed by atoms with Crippen molar-refractivity contribution in [3.05, 3.63) is 46.2 Å². The summed E-state index contributed by atoms with van der Waals surface area (Å²) in [6, 6.07) is 0. The van der Waals surface area contributed by atoms with Gasteiger partial charge in [0.25, 0.3) is 0 Å². The van der Waals surface area contributed by atoms with Crippen LogP contribution in [-0.4, -0.2) is 14.0 Å². The second-order valence-corrected chi connectivity index (χ2v) is 6.10. The minimum atomic E-state index is 0.0295. The van der Waals surface area contributed by atoms with Gasteiger partial charge in [-0.15, -0.1) is 0 Å². The van der Waals surface area contributed by atoms with Crippen LogP contribution in [0, 0.1) is 19.8 Å². The standard InChI is InChI=1S/C16H22N2O.W/c1-7-8-12(4)18-15(10-9-11(2)3)17-14(6)13(5)16(18)19;/h4,7-8,11H,1,9-10H2,2-3,5-6H3;/b12-8+;. The van der Waals surface area contributed by atoms with Gasteiger partial charge in [-0.25, -0.2) is 0 Å². The van der Waals surface area contributed by atoms with E-state index in [0.29, 0.717) is 11.5 Å². The molecule has 0 unspecified atom stereocenters. The van der Waals surface area contributed by atoms with Gasteiger partial charge in [0, 0.05) is 0 Å². The van der Waals surface area contributed by atoms with E-state index in [9.17, 15) is 4.79 Å². The molecule has 1 heterocycles. The third-order valence-electron chi connectivity index (χ3n) is 3.23. The van der Waals surface area contributed by atoms with E-state index in [1.807, 2.05) is 24.3 Å². The van der Waals surface area contributed by atoms with Gasteiger partial charge in [-0.05, 0) is 0 Å². The first kappa shape index (κ1) is 17.0. The molecule has 0 aliphatic heterocycles. The Morgan fingerprint density at radius 2 is 2.10 bits per heavy atom. The first-order chi connectivity index (χ1) is 9.42. The van der Waals surface area contributed by atoms with Crippen molar-refractivity contribution in [1.29, 1.82) is 0 Å². The summed E-state index contributed by atoms with van der Waals surface area (Å²) in [6.07, 6.45) is 5.41. The molecule has 0 saturated carbocycles. The predicted octanol–water partition coefficient (Wildman–Crippen LogP) is 2.82. The Kier molecular flexibility index (Phi) is 6.48. The molecule has 0 atom stereocenters. The van der Waals surface area contributed by atoms with Gasteiger partial charge < -0.3 is 0 Å². The SMILES string of the molecule is C=C/C=C(\[CH]=[W])n1c(CCC(C)C)nc(C)c(C)c1=O. The Labute approximate surface area is 131 Å². The van der Waals surface area contributed by atoms with Crippen molar-refractivity contribution in [1.82, 2.24) is 9.55 Å². The molecule has 0 bridgehead atoms. The second-order valence-electron chi connectivity index (χ2n) is 5.26. The molecule has 0 aliphatic rings. The normalized spacial score (nSPS) is 11.8. The number of aromatic nitrogens is 2. The van der Waals surface area contributed by atoms with Crippen molar-refractivity contribution in [2.45, 2.75) is 40.5 Å². The average Bonchev–Trinajstić information content (AvgIpc) is 2.40. The molecule has 0 amide bonds. The van der Waals surface area contributed by atoms with Gasteiger partial charge in [-0.1, -0.05) is 0 Å². The molecule has 0 fully saturated rings. The van der Waals surface area contributed by atoms with E-state index >= 15 is 0 Å². The van der Waals surface area contributed by atoms with Crippen LogP contribution in [0.1, 0.15) is 37.4 Å². The quantitative estimate of drug-likeness (QED) is 0.636. The van der Waals surface area contributed by atoms with Gasteiger partial charge in [0.05, 0.1) is 0 Å². The topological polar surface area (TPSA) is 34.9 Å². The Balaban J connectivity index is 3.48. The van der Waals surface area contributed by atoms with Crippen LogP contribution in [0.4, 0.5) is 0 Å². The van der Waals surface area contributed by atoms with Gasteiger partial charge in [-0.2, -0.15) is 0 Å². The molecular formula is C16H22N2OW. The van der Waals surface area contributed by atoms with Gasteiger partial charge in [0.2, 0.25) is 0 Å². The molecule has 4 heteroatoms. The summed E-state index contributed by atoms with van der Waals surface area (Å²) in [5, 5.41) is 0. The van der Waals surface area contributed by atoms with Crippen LogP contribution in [0.2, 0.25) is 0 Å². The number of aryl methyl sites for hydroxylation is 2. The fourth-order valence-electron chi connectivity index (χ4n) is 1.91. The molecular weight excluding hydrogens is 420 g/mol. The Morgan fingerprint density at radius 1 is 1.45 bits per heavy atom. The molecule has 1 aromatic heterocycles. The molecule has 1 aromatic rings. The monoisotopic (exact) mass is 442 g/mol. The van der Waals surface area contributed by atoms with E-state index in [2.05, 4.69) is 25.4 Å². The van der Waals surface area contributed by atoms with Crippen LogP contribution in [0.3, 0.4) is 0 Å². The molecule has 0 spiro atoms. The van der Waals surface area contributed by atoms with Gasteiger partial charge in [0.1, 0.15) is 0 Å². The second kappa shape index (κ2) is 7.63. The van der Waals surface area contributed by atoms with Crippen LogP contribution < -0.4 is 5.56 Å². The molecule has 0 N–H and O–H groups in total. The first-order valence-electron chi connectivity index (χ1n) is 6.79. The van der Waals surface area contributed by atoms with Crippen LogP contribution in [-0.2, 0) is 25.8 Å². The molecule has 0 aliphatic carbocycles. The van der Waals surface area contributed by atoms with Crippen molar-refractivity contribution in [3.63, 3.8) is 0 Å². The molecule has 0 saturated heterocycles. The molecule has 3 nitrogen and oxygen atoms in total. The van der Waals surface area contributed by atoms with Gasteiger partial charge >= 0.3 is 132 Å². The number of hydrogen-bond acceptors (Lipinski definition) is 2. The fraction of sp³-hybridized carbons (Fsp3) is 0.438. The van der Waals surface area contributed by atoms with E-state index < -0.39 is 0 Å². The fourth-order valence-corrected chi connectivity index (χ4v) is 2.57. The molecule has 108 valence electrons. The van der Waals surface area contributed by atoms with Crippen LogP contribution >= 0.6 is 0 Å². The summed E-state index contributed by atoms with van der Waals surface area (Å²) in [5.74, 6) is 1.43. The van der Waals surface area contributed by atoms with Gasteiger partial charge in [-0.3, -0.25) is 0 Å². The van der Waals surface area contributed by atoms with E-state index in [4.69, 9.17) is 0 Å². The number of hydrogen-bond donors (Lipinski definition) is 0. The Bertz CT molecular complexity index is 597. The van der Waals surface area contributed by atoms with Crippen molar-refractivity contribution < 1.29 is 19.4 Å². The zero-order chi connectivity index (χ0) is 15.3. The third-order valence-corrected chi connectivity index (χ3v) is 4.10. The van der Waals surface area contributed by atoms with E-state index in [-0.39, 0.29) is 5.56 Å². The minimum absolute atomic E-state index is 0.0295. The molecule has 0 radical (unpaired) electrons. The summed E-state index contributed by atoms with van der Waals surface area (Å²) in [4.78, 5) is 17.2. The third kappa shape index (κ3) is 3.96. The summed E-state index contributed by atoms with van der Waals surface area (Å²) < 4.78 is 3.73. The van der Waals surface area contributed by atoms with Crippen LogP contribution in [0.5, 0.6) is 0 Å². The van der Waals surface area contributed by atoms with Crippen molar-refractivity contribution in [3.8, 4) is 0 Å². The van der Waals surface area contributed by atoms with E-state index in [1.165, 1.54) is 19.4 Å². The molecule has 20 heavy (non-hydrogen) atoms.